The molecule has 0 heterocycles. The Hall–Kier alpha value is -1.09. The fourth-order valence-electron chi connectivity index (χ4n) is 1.49. The Morgan fingerprint density at radius 2 is 1.72 bits per heavy atom. The Morgan fingerprint density at radius 3 is 2.44 bits per heavy atom. The molecule has 0 saturated heterocycles. The SMILES string of the molecule is Oc1ccc(NCc2cc(Cl)ccc2Cl)cc1Cl. The molecule has 0 atom stereocenters. The molecule has 0 saturated carbocycles. The predicted molar refractivity (Wildman–Crippen MR) is 76.9 cm³/mol. The minimum atomic E-state index is 0.0583. The van der Waals surface area contributed by atoms with Gasteiger partial charge in [-0.05, 0) is 42.0 Å². The molecule has 0 unspecified atom stereocenters. The van der Waals surface area contributed by atoms with Crippen LogP contribution < -0.4 is 5.32 Å². The Balaban J connectivity index is 2.11. The van der Waals surface area contributed by atoms with Crippen LogP contribution in [-0.4, -0.2) is 5.11 Å². The topological polar surface area (TPSA) is 32.3 Å². The summed E-state index contributed by atoms with van der Waals surface area (Å²) in [4.78, 5) is 0. The van der Waals surface area contributed by atoms with Crippen LogP contribution in [0.1, 0.15) is 5.56 Å². The minimum absolute atomic E-state index is 0.0583. The van der Waals surface area contributed by atoms with Crippen molar-refractivity contribution in [2.24, 2.45) is 0 Å². The lowest BCUT2D eigenvalue weighted by Gasteiger charge is -2.09. The summed E-state index contributed by atoms with van der Waals surface area (Å²) in [6.45, 7) is 0.528. The van der Waals surface area contributed by atoms with E-state index in [0.717, 1.165) is 11.3 Å². The highest BCUT2D eigenvalue weighted by atomic mass is 35.5. The highest BCUT2D eigenvalue weighted by Gasteiger charge is 2.03. The van der Waals surface area contributed by atoms with Gasteiger partial charge in [0.15, 0.2) is 0 Å². The molecular formula is C13H10Cl3NO. The van der Waals surface area contributed by atoms with Gasteiger partial charge in [0.05, 0.1) is 5.02 Å². The standard InChI is InChI=1S/C13H10Cl3NO/c14-9-1-3-11(15)8(5-9)7-17-10-2-4-13(18)12(16)6-10/h1-6,17-18H,7H2. The number of hydrogen-bond donors (Lipinski definition) is 2. The first kappa shape index (κ1) is 13.3. The van der Waals surface area contributed by atoms with E-state index in [0.29, 0.717) is 21.6 Å². The number of phenolic OH excluding ortho intramolecular Hbond substituents is 1. The molecule has 2 aromatic rings. The molecule has 2 rings (SSSR count). The molecule has 2 nitrogen and oxygen atoms in total. The molecule has 0 bridgehead atoms. The molecule has 5 heteroatoms. The van der Waals surface area contributed by atoms with E-state index >= 15 is 0 Å². The summed E-state index contributed by atoms with van der Waals surface area (Å²) in [5.41, 5.74) is 1.70. The van der Waals surface area contributed by atoms with Crippen molar-refractivity contribution in [3.05, 3.63) is 57.0 Å². The van der Waals surface area contributed by atoms with Crippen molar-refractivity contribution in [1.82, 2.24) is 0 Å². The molecule has 0 fully saturated rings. The summed E-state index contributed by atoms with van der Waals surface area (Å²) in [7, 11) is 0. The van der Waals surface area contributed by atoms with Crippen LogP contribution in [0, 0.1) is 0 Å². The predicted octanol–water partition coefficient (Wildman–Crippen LogP) is 4.96. The third-order valence-electron chi connectivity index (χ3n) is 2.44. The van der Waals surface area contributed by atoms with Crippen LogP contribution in [0.2, 0.25) is 15.1 Å². The second-order valence-corrected chi connectivity index (χ2v) is 5.01. The van der Waals surface area contributed by atoms with Crippen molar-refractivity contribution < 1.29 is 5.11 Å². The van der Waals surface area contributed by atoms with Crippen LogP contribution >= 0.6 is 34.8 Å². The zero-order chi connectivity index (χ0) is 13.1. The molecule has 0 radical (unpaired) electrons. The third-order valence-corrected chi connectivity index (χ3v) is 3.34. The molecule has 0 aliphatic carbocycles. The summed E-state index contributed by atoms with van der Waals surface area (Å²) in [5.74, 6) is 0.0583. The van der Waals surface area contributed by atoms with Gasteiger partial charge in [0, 0.05) is 22.3 Å². The first-order valence-corrected chi connectivity index (χ1v) is 6.36. The van der Waals surface area contributed by atoms with Crippen LogP contribution in [-0.2, 0) is 6.54 Å². The fraction of sp³-hybridized carbons (Fsp3) is 0.0769. The van der Waals surface area contributed by atoms with Crippen molar-refractivity contribution in [2.75, 3.05) is 5.32 Å². The van der Waals surface area contributed by atoms with Gasteiger partial charge in [-0.2, -0.15) is 0 Å². The Morgan fingerprint density at radius 1 is 0.944 bits per heavy atom. The van der Waals surface area contributed by atoms with Crippen LogP contribution in [0.5, 0.6) is 5.75 Å². The van der Waals surface area contributed by atoms with E-state index in [1.54, 1.807) is 30.3 Å². The number of anilines is 1. The van der Waals surface area contributed by atoms with E-state index in [-0.39, 0.29) is 5.75 Å². The van der Waals surface area contributed by atoms with E-state index in [1.165, 1.54) is 6.07 Å². The number of benzene rings is 2. The molecule has 2 aromatic carbocycles. The minimum Gasteiger partial charge on any atom is -0.506 e. The number of hydrogen-bond acceptors (Lipinski definition) is 2. The summed E-state index contributed by atoms with van der Waals surface area (Å²) >= 11 is 17.8. The Bertz CT molecular complexity index is 572. The lowest BCUT2D eigenvalue weighted by molar-refractivity contribution is 0.475. The molecule has 0 aromatic heterocycles. The van der Waals surface area contributed by atoms with Gasteiger partial charge < -0.3 is 10.4 Å². The smallest absolute Gasteiger partial charge is 0.134 e. The maximum Gasteiger partial charge on any atom is 0.134 e. The van der Waals surface area contributed by atoms with Gasteiger partial charge in [-0.25, -0.2) is 0 Å². The zero-order valence-electron chi connectivity index (χ0n) is 9.25. The van der Waals surface area contributed by atoms with Crippen molar-refractivity contribution in [3.8, 4) is 5.75 Å². The highest BCUT2D eigenvalue weighted by Crippen LogP contribution is 2.27. The summed E-state index contributed by atoms with van der Waals surface area (Å²) in [6, 6.07) is 10.2. The van der Waals surface area contributed by atoms with Gasteiger partial charge in [0.2, 0.25) is 0 Å². The largest absolute Gasteiger partial charge is 0.506 e. The molecule has 0 spiro atoms. The summed E-state index contributed by atoms with van der Waals surface area (Å²) in [5, 5.41) is 14.1. The monoisotopic (exact) mass is 301 g/mol. The van der Waals surface area contributed by atoms with Gasteiger partial charge in [-0.3, -0.25) is 0 Å². The molecule has 94 valence electrons. The van der Waals surface area contributed by atoms with Crippen LogP contribution in [0.25, 0.3) is 0 Å². The van der Waals surface area contributed by atoms with E-state index < -0.39 is 0 Å². The fourth-order valence-corrected chi connectivity index (χ4v) is 2.05. The normalized spacial score (nSPS) is 10.4. The van der Waals surface area contributed by atoms with Crippen LogP contribution in [0.4, 0.5) is 5.69 Å². The van der Waals surface area contributed by atoms with Gasteiger partial charge in [0.1, 0.15) is 5.75 Å². The number of phenols is 1. The molecule has 2 N–H and O–H groups in total. The summed E-state index contributed by atoms with van der Waals surface area (Å²) < 4.78 is 0. The second-order valence-electron chi connectivity index (χ2n) is 3.76. The Labute approximate surface area is 120 Å². The van der Waals surface area contributed by atoms with Gasteiger partial charge >= 0.3 is 0 Å². The summed E-state index contributed by atoms with van der Waals surface area (Å²) in [6.07, 6.45) is 0. The number of nitrogens with one attached hydrogen (secondary N) is 1. The lowest BCUT2D eigenvalue weighted by Crippen LogP contribution is -1.99. The number of rotatable bonds is 3. The molecular weight excluding hydrogens is 293 g/mol. The average Bonchev–Trinajstić information content (AvgIpc) is 2.34. The van der Waals surface area contributed by atoms with Crippen LogP contribution in [0.15, 0.2) is 36.4 Å². The second kappa shape index (κ2) is 5.70. The van der Waals surface area contributed by atoms with Crippen molar-refractivity contribution in [3.63, 3.8) is 0 Å². The Kier molecular flexibility index (Phi) is 4.23. The van der Waals surface area contributed by atoms with E-state index in [1.807, 2.05) is 0 Å². The van der Waals surface area contributed by atoms with Gasteiger partial charge in [-0.1, -0.05) is 34.8 Å². The molecule has 0 aliphatic heterocycles. The van der Waals surface area contributed by atoms with Crippen molar-refractivity contribution in [1.29, 1.82) is 0 Å². The maximum atomic E-state index is 9.31. The van der Waals surface area contributed by atoms with E-state index in [4.69, 9.17) is 34.8 Å². The van der Waals surface area contributed by atoms with Gasteiger partial charge in [-0.15, -0.1) is 0 Å². The molecule has 0 amide bonds. The van der Waals surface area contributed by atoms with E-state index in [2.05, 4.69) is 5.32 Å². The average molecular weight is 303 g/mol. The number of aromatic hydroxyl groups is 1. The zero-order valence-corrected chi connectivity index (χ0v) is 11.5. The quantitative estimate of drug-likeness (QED) is 0.785. The van der Waals surface area contributed by atoms with Crippen molar-refractivity contribution in [2.45, 2.75) is 6.54 Å². The van der Waals surface area contributed by atoms with E-state index in [9.17, 15) is 5.11 Å². The number of halogens is 3. The van der Waals surface area contributed by atoms with Crippen molar-refractivity contribution >= 4 is 40.5 Å². The first-order valence-electron chi connectivity index (χ1n) is 5.22. The third kappa shape index (κ3) is 3.22. The van der Waals surface area contributed by atoms with Gasteiger partial charge in [0.25, 0.3) is 0 Å². The lowest BCUT2D eigenvalue weighted by atomic mass is 10.2. The highest BCUT2D eigenvalue weighted by molar-refractivity contribution is 6.33. The maximum absolute atomic E-state index is 9.31. The first-order chi connectivity index (χ1) is 8.56. The molecule has 18 heavy (non-hydrogen) atoms. The van der Waals surface area contributed by atoms with Crippen LogP contribution in [0.3, 0.4) is 0 Å². The molecule has 0 aliphatic rings.